The van der Waals surface area contributed by atoms with Gasteiger partial charge in [0.25, 0.3) is 0 Å². The van der Waals surface area contributed by atoms with Crippen molar-refractivity contribution in [3.05, 3.63) is 28.3 Å². The predicted octanol–water partition coefficient (Wildman–Crippen LogP) is 2.50. The maximum absolute atomic E-state index is 5.79. The average molecular weight is 149 g/mol. The van der Waals surface area contributed by atoms with Gasteiger partial charge >= 0.3 is 0 Å². The second kappa shape index (κ2) is 2.57. The molecule has 0 aliphatic carbocycles. The van der Waals surface area contributed by atoms with Gasteiger partial charge in [-0.15, -0.1) is 0 Å². The van der Waals surface area contributed by atoms with E-state index in [4.69, 9.17) is 5.73 Å². The van der Waals surface area contributed by atoms with Crippen molar-refractivity contribution in [3.8, 4) is 0 Å². The first kappa shape index (κ1) is 8.12. The summed E-state index contributed by atoms with van der Waals surface area (Å²) in [6.45, 7) is 8.42. The molecule has 0 aliphatic rings. The predicted molar refractivity (Wildman–Crippen MR) is 49.8 cm³/mol. The Morgan fingerprint density at radius 1 is 0.909 bits per heavy atom. The lowest BCUT2D eigenvalue weighted by Crippen LogP contribution is -1.96. The third kappa shape index (κ3) is 1.23. The second-order valence-electron chi connectivity index (χ2n) is 3.16. The van der Waals surface area contributed by atoms with E-state index in [-0.39, 0.29) is 0 Å². The van der Waals surface area contributed by atoms with E-state index in [2.05, 4.69) is 27.7 Å². The van der Waals surface area contributed by atoms with Crippen molar-refractivity contribution in [2.45, 2.75) is 27.7 Å². The highest BCUT2D eigenvalue weighted by Gasteiger charge is 2.02. The highest BCUT2D eigenvalue weighted by Crippen LogP contribution is 2.22. The molecule has 60 valence electrons. The second-order valence-corrected chi connectivity index (χ2v) is 3.16. The molecule has 0 atom stereocenters. The summed E-state index contributed by atoms with van der Waals surface area (Å²) >= 11 is 0. The van der Waals surface area contributed by atoms with Gasteiger partial charge in [-0.3, -0.25) is 0 Å². The third-order valence-corrected chi connectivity index (χ3v) is 2.52. The topological polar surface area (TPSA) is 26.0 Å². The Morgan fingerprint density at radius 2 is 1.45 bits per heavy atom. The number of nitrogen functional groups attached to an aromatic ring is 1. The fourth-order valence-corrected chi connectivity index (χ4v) is 1.24. The van der Waals surface area contributed by atoms with Gasteiger partial charge in [-0.2, -0.15) is 0 Å². The van der Waals surface area contributed by atoms with Gasteiger partial charge in [0.1, 0.15) is 0 Å². The lowest BCUT2D eigenvalue weighted by Gasteiger charge is -2.10. The van der Waals surface area contributed by atoms with Gasteiger partial charge < -0.3 is 5.73 Å². The van der Waals surface area contributed by atoms with Crippen LogP contribution in [0.15, 0.2) is 6.07 Å². The number of rotatable bonds is 0. The summed E-state index contributed by atoms with van der Waals surface area (Å²) in [7, 11) is 0. The molecule has 1 nitrogen and oxygen atoms in total. The summed E-state index contributed by atoms with van der Waals surface area (Å²) in [5.41, 5.74) is 11.9. The molecule has 0 saturated carbocycles. The van der Waals surface area contributed by atoms with Crippen LogP contribution in [0, 0.1) is 27.7 Å². The Bertz CT molecular complexity index is 261. The normalized spacial score (nSPS) is 10.2. The Labute approximate surface area is 68.2 Å². The molecule has 1 aromatic carbocycles. The molecule has 0 fully saturated rings. The van der Waals surface area contributed by atoms with Gasteiger partial charge in [0.15, 0.2) is 0 Å². The maximum atomic E-state index is 5.79. The highest BCUT2D eigenvalue weighted by atomic mass is 14.6. The highest BCUT2D eigenvalue weighted by molar-refractivity contribution is 5.55. The molecule has 0 amide bonds. The molecule has 1 heteroatoms. The molecule has 0 aliphatic heterocycles. The SMILES string of the molecule is Cc1cc(N)c(C)c(C)c1C. The van der Waals surface area contributed by atoms with E-state index >= 15 is 0 Å². The molecule has 0 unspecified atom stereocenters. The molecular formula is C10H15N. The first-order chi connectivity index (χ1) is 5.04. The van der Waals surface area contributed by atoms with E-state index in [1.807, 2.05) is 6.07 Å². The standard InChI is InChI=1S/C10H15N/c1-6-5-10(11)9(4)8(3)7(6)2/h5H,11H2,1-4H3. The lowest BCUT2D eigenvalue weighted by molar-refractivity contribution is 1.22. The molecule has 0 heterocycles. The molecule has 2 N–H and O–H groups in total. The Balaban J connectivity index is 3.46. The Kier molecular flexibility index (Phi) is 1.90. The molecular weight excluding hydrogens is 134 g/mol. The zero-order valence-electron chi connectivity index (χ0n) is 7.65. The zero-order valence-corrected chi connectivity index (χ0v) is 7.65. The molecule has 0 saturated heterocycles. The largest absolute Gasteiger partial charge is 0.398 e. The molecule has 11 heavy (non-hydrogen) atoms. The van der Waals surface area contributed by atoms with Crippen LogP contribution >= 0.6 is 0 Å². The van der Waals surface area contributed by atoms with Gasteiger partial charge in [-0.25, -0.2) is 0 Å². The quantitative estimate of drug-likeness (QED) is 0.563. The van der Waals surface area contributed by atoms with E-state index in [1.54, 1.807) is 0 Å². The molecule has 0 aromatic heterocycles. The molecule has 1 rings (SSSR count). The van der Waals surface area contributed by atoms with Crippen LogP contribution in [0.5, 0.6) is 0 Å². The van der Waals surface area contributed by atoms with Crippen LogP contribution in [0.3, 0.4) is 0 Å². The van der Waals surface area contributed by atoms with Crippen molar-refractivity contribution in [3.63, 3.8) is 0 Å². The minimum atomic E-state index is 0.908. The Morgan fingerprint density at radius 3 is 2.00 bits per heavy atom. The van der Waals surface area contributed by atoms with Crippen molar-refractivity contribution in [1.82, 2.24) is 0 Å². The smallest absolute Gasteiger partial charge is 0.0349 e. The number of anilines is 1. The third-order valence-electron chi connectivity index (χ3n) is 2.52. The number of nitrogens with two attached hydrogens (primary N) is 1. The van der Waals surface area contributed by atoms with Crippen LogP contribution in [0.25, 0.3) is 0 Å². The van der Waals surface area contributed by atoms with E-state index in [0.29, 0.717) is 0 Å². The van der Waals surface area contributed by atoms with Gasteiger partial charge in [-0.05, 0) is 56.0 Å². The number of hydrogen-bond acceptors (Lipinski definition) is 1. The van der Waals surface area contributed by atoms with Crippen molar-refractivity contribution in [1.29, 1.82) is 0 Å². The molecule has 1 aromatic rings. The van der Waals surface area contributed by atoms with Crippen LogP contribution in [-0.4, -0.2) is 0 Å². The summed E-state index contributed by atoms with van der Waals surface area (Å²) < 4.78 is 0. The van der Waals surface area contributed by atoms with Crippen molar-refractivity contribution >= 4 is 5.69 Å². The summed E-state index contributed by atoms with van der Waals surface area (Å²) in [5, 5.41) is 0. The van der Waals surface area contributed by atoms with Crippen LogP contribution in [-0.2, 0) is 0 Å². The molecule has 0 radical (unpaired) electrons. The van der Waals surface area contributed by atoms with Gasteiger partial charge in [0.05, 0.1) is 0 Å². The zero-order chi connectivity index (χ0) is 8.59. The van der Waals surface area contributed by atoms with E-state index in [0.717, 1.165) is 5.69 Å². The summed E-state index contributed by atoms with van der Waals surface area (Å²) in [6, 6.07) is 2.04. The summed E-state index contributed by atoms with van der Waals surface area (Å²) in [5.74, 6) is 0. The first-order valence-corrected chi connectivity index (χ1v) is 3.87. The lowest BCUT2D eigenvalue weighted by atomic mass is 9.98. The van der Waals surface area contributed by atoms with Crippen LogP contribution in [0.1, 0.15) is 22.3 Å². The van der Waals surface area contributed by atoms with E-state index in [1.165, 1.54) is 22.3 Å². The first-order valence-electron chi connectivity index (χ1n) is 3.87. The molecule has 0 spiro atoms. The number of hydrogen-bond donors (Lipinski definition) is 1. The maximum Gasteiger partial charge on any atom is 0.0349 e. The fraction of sp³-hybridized carbons (Fsp3) is 0.400. The van der Waals surface area contributed by atoms with Crippen LogP contribution < -0.4 is 5.73 Å². The fourth-order valence-electron chi connectivity index (χ4n) is 1.24. The number of aryl methyl sites for hydroxylation is 1. The van der Waals surface area contributed by atoms with Gasteiger partial charge in [0.2, 0.25) is 0 Å². The minimum Gasteiger partial charge on any atom is -0.398 e. The van der Waals surface area contributed by atoms with Crippen LogP contribution in [0.2, 0.25) is 0 Å². The summed E-state index contributed by atoms with van der Waals surface area (Å²) in [4.78, 5) is 0. The van der Waals surface area contributed by atoms with E-state index in [9.17, 15) is 0 Å². The van der Waals surface area contributed by atoms with Gasteiger partial charge in [0, 0.05) is 5.69 Å². The summed E-state index contributed by atoms with van der Waals surface area (Å²) in [6.07, 6.45) is 0. The van der Waals surface area contributed by atoms with Crippen molar-refractivity contribution in [2.24, 2.45) is 0 Å². The monoisotopic (exact) mass is 149 g/mol. The van der Waals surface area contributed by atoms with Crippen molar-refractivity contribution < 1.29 is 0 Å². The average Bonchev–Trinajstić information content (AvgIpc) is 1.97. The minimum absolute atomic E-state index is 0.908. The molecule has 0 bridgehead atoms. The number of benzene rings is 1. The Hall–Kier alpha value is -0.980. The van der Waals surface area contributed by atoms with Crippen molar-refractivity contribution in [2.75, 3.05) is 5.73 Å². The van der Waals surface area contributed by atoms with E-state index < -0.39 is 0 Å². The van der Waals surface area contributed by atoms with Gasteiger partial charge in [-0.1, -0.05) is 0 Å². The van der Waals surface area contributed by atoms with Crippen LogP contribution in [0.4, 0.5) is 5.69 Å².